The summed E-state index contributed by atoms with van der Waals surface area (Å²) in [7, 11) is 0. The lowest BCUT2D eigenvalue weighted by Gasteiger charge is -2.20. The molecular formula is C25H27N3O4. The van der Waals surface area contributed by atoms with Crippen molar-refractivity contribution in [2.75, 3.05) is 13.1 Å². The highest BCUT2D eigenvalue weighted by molar-refractivity contribution is 6.21. The first-order valence-electron chi connectivity index (χ1n) is 10.7. The number of nitrogens with one attached hydrogen (secondary N) is 1. The second-order valence-corrected chi connectivity index (χ2v) is 8.83. The topological polar surface area (TPSA) is 80.6 Å². The van der Waals surface area contributed by atoms with Crippen LogP contribution in [0.2, 0.25) is 0 Å². The van der Waals surface area contributed by atoms with E-state index in [1.54, 1.807) is 24.3 Å². The van der Waals surface area contributed by atoms with Gasteiger partial charge in [0, 0.05) is 37.3 Å². The molecule has 32 heavy (non-hydrogen) atoms. The van der Waals surface area contributed by atoms with E-state index in [4.69, 9.17) is 4.74 Å². The highest BCUT2D eigenvalue weighted by atomic mass is 16.6. The Bertz CT molecular complexity index is 1150. The zero-order valence-electron chi connectivity index (χ0n) is 18.6. The number of hydrogen-bond acceptors (Lipinski definition) is 4. The summed E-state index contributed by atoms with van der Waals surface area (Å²) in [6, 6.07) is 17.0. The molecule has 0 aliphatic carbocycles. The quantitative estimate of drug-likeness (QED) is 0.596. The van der Waals surface area contributed by atoms with Crippen molar-refractivity contribution >= 4 is 28.8 Å². The molecule has 0 bridgehead atoms. The third-order valence-corrected chi connectivity index (χ3v) is 5.37. The van der Waals surface area contributed by atoms with E-state index in [-0.39, 0.29) is 11.8 Å². The Balaban J connectivity index is 1.48. The van der Waals surface area contributed by atoms with E-state index in [1.807, 2.05) is 45.0 Å². The van der Waals surface area contributed by atoms with Crippen LogP contribution in [0.15, 0.2) is 54.6 Å². The van der Waals surface area contributed by atoms with Crippen molar-refractivity contribution in [3.05, 3.63) is 71.4 Å². The first-order chi connectivity index (χ1) is 15.2. The molecule has 3 amide bonds. The molecule has 0 saturated carbocycles. The molecule has 0 atom stereocenters. The molecule has 1 aliphatic rings. The van der Waals surface area contributed by atoms with Gasteiger partial charge in [0.1, 0.15) is 5.60 Å². The zero-order chi connectivity index (χ0) is 22.9. The molecule has 0 fully saturated rings. The summed E-state index contributed by atoms with van der Waals surface area (Å²) in [5.74, 6) is -0.500. The fourth-order valence-electron chi connectivity index (χ4n) is 3.99. The first-order valence-corrected chi connectivity index (χ1v) is 10.7. The number of fused-ring (bicyclic) bond motifs is 2. The van der Waals surface area contributed by atoms with E-state index in [2.05, 4.69) is 16.0 Å². The number of benzene rings is 2. The van der Waals surface area contributed by atoms with Crippen molar-refractivity contribution < 1.29 is 19.1 Å². The van der Waals surface area contributed by atoms with Crippen LogP contribution in [0.5, 0.6) is 0 Å². The van der Waals surface area contributed by atoms with Crippen molar-refractivity contribution in [3.63, 3.8) is 0 Å². The predicted octanol–water partition coefficient (Wildman–Crippen LogP) is 4.00. The Morgan fingerprint density at radius 1 is 0.938 bits per heavy atom. The molecule has 0 radical (unpaired) electrons. The van der Waals surface area contributed by atoms with Gasteiger partial charge in [0.25, 0.3) is 11.8 Å². The van der Waals surface area contributed by atoms with Gasteiger partial charge in [-0.15, -0.1) is 0 Å². The SMILES string of the molecule is CC(C)(C)OC(=O)NCCn1c(CCN2C(=O)c3ccccc3C2=O)cc2ccccc21. The lowest BCUT2D eigenvalue weighted by atomic mass is 10.1. The lowest BCUT2D eigenvalue weighted by molar-refractivity contribution is 0.0524. The molecule has 1 aromatic heterocycles. The molecule has 2 heterocycles. The summed E-state index contributed by atoms with van der Waals surface area (Å²) in [5.41, 5.74) is 2.39. The van der Waals surface area contributed by atoms with Crippen LogP contribution in [0, 0.1) is 0 Å². The smallest absolute Gasteiger partial charge is 0.407 e. The van der Waals surface area contributed by atoms with Gasteiger partial charge in [-0.1, -0.05) is 30.3 Å². The number of rotatable bonds is 6. The highest BCUT2D eigenvalue weighted by Crippen LogP contribution is 2.24. The van der Waals surface area contributed by atoms with Crippen LogP contribution >= 0.6 is 0 Å². The molecule has 1 N–H and O–H groups in total. The third kappa shape index (κ3) is 4.37. The maximum atomic E-state index is 12.7. The van der Waals surface area contributed by atoms with Gasteiger partial charge in [-0.2, -0.15) is 0 Å². The van der Waals surface area contributed by atoms with E-state index < -0.39 is 11.7 Å². The van der Waals surface area contributed by atoms with Crippen molar-refractivity contribution in [3.8, 4) is 0 Å². The summed E-state index contributed by atoms with van der Waals surface area (Å²) in [4.78, 5) is 38.7. The van der Waals surface area contributed by atoms with Gasteiger partial charge >= 0.3 is 6.09 Å². The summed E-state index contributed by atoms with van der Waals surface area (Å²) in [6.45, 7) is 6.70. The van der Waals surface area contributed by atoms with Gasteiger partial charge in [0.15, 0.2) is 0 Å². The fourth-order valence-corrected chi connectivity index (χ4v) is 3.99. The van der Waals surface area contributed by atoms with Crippen molar-refractivity contribution in [1.29, 1.82) is 0 Å². The molecule has 7 heteroatoms. The van der Waals surface area contributed by atoms with Gasteiger partial charge in [0.2, 0.25) is 0 Å². The maximum Gasteiger partial charge on any atom is 0.407 e. The molecule has 1 aliphatic heterocycles. The Hall–Kier alpha value is -3.61. The minimum Gasteiger partial charge on any atom is -0.444 e. The largest absolute Gasteiger partial charge is 0.444 e. The van der Waals surface area contributed by atoms with Crippen LogP contribution in [0.3, 0.4) is 0 Å². The van der Waals surface area contributed by atoms with Gasteiger partial charge < -0.3 is 14.6 Å². The monoisotopic (exact) mass is 433 g/mol. The number of carbonyl (C=O) groups excluding carboxylic acids is 3. The molecule has 7 nitrogen and oxygen atoms in total. The number of alkyl carbamates (subject to hydrolysis) is 1. The second-order valence-electron chi connectivity index (χ2n) is 8.83. The average Bonchev–Trinajstić information content (AvgIpc) is 3.21. The molecule has 0 spiro atoms. The van der Waals surface area contributed by atoms with Crippen molar-refractivity contribution in [1.82, 2.24) is 14.8 Å². The number of aromatic nitrogens is 1. The number of carbonyl (C=O) groups is 3. The number of nitrogens with zero attached hydrogens (tertiary/aromatic N) is 2. The standard InChI is InChI=1S/C25H27N3O4/c1-25(2,3)32-24(31)26-13-15-27-18(16-17-8-4-7-11-21(17)27)12-14-28-22(29)19-9-5-6-10-20(19)23(28)30/h4-11,16H,12-15H2,1-3H3,(H,26,31). The van der Waals surface area contributed by atoms with Crippen LogP contribution in [0.25, 0.3) is 10.9 Å². The third-order valence-electron chi connectivity index (χ3n) is 5.37. The normalized spacial score (nSPS) is 13.5. The van der Waals surface area contributed by atoms with Crippen LogP contribution in [0.1, 0.15) is 47.2 Å². The van der Waals surface area contributed by atoms with E-state index >= 15 is 0 Å². The summed E-state index contributed by atoms with van der Waals surface area (Å²) < 4.78 is 7.42. The summed E-state index contributed by atoms with van der Waals surface area (Å²) >= 11 is 0. The number of hydrogen-bond donors (Lipinski definition) is 1. The minimum absolute atomic E-state index is 0.250. The van der Waals surface area contributed by atoms with E-state index in [9.17, 15) is 14.4 Å². The van der Waals surface area contributed by atoms with E-state index in [0.29, 0.717) is 37.2 Å². The lowest BCUT2D eigenvalue weighted by Crippen LogP contribution is -2.34. The molecule has 0 saturated heterocycles. The molecule has 4 rings (SSSR count). The zero-order valence-corrected chi connectivity index (χ0v) is 18.6. The first kappa shape index (κ1) is 21.6. The number of para-hydroxylation sites is 1. The van der Waals surface area contributed by atoms with Crippen LogP contribution < -0.4 is 5.32 Å². The van der Waals surface area contributed by atoms with Crippen LogP contribution in [0.4, 0.5) is 4.79 Å². The molecule has 166 valence electrons. The molecule has 2 aromatic carbocycles. The number of imide groups is 1. The Morgan fingerprint density at radius 3 is 2.22 bits per heavy atom. The molecule has 3 aromatic rings. The van der Waals surface area contributed by atoms with Crippen molar-refractivity contribution in [2.45, 2.75) is 39.3 Å². The molecule has 0 unspecified atom stereocenters. The van der Waals surface area contributed by atoms with Gasteiger partial charge in [-0.3, -0.25) is 14.5 Å². The van der Waals surface area contributed by atoms with E-state index in [1.165, 1.54) is 4.90 Å². The van der Waals surface area contributed by atoms with Gasteiger partial charge in [0.05, 0.1) is 11.1 Å². The maximum absolute atomic E-state index is 12.7. The second kappa shape index (κ2) is 8.49. The van der Waals surface area contributed by atoms with E-state index in [0.717, 1.165) is 16.6 Å². The number of amides is 3. The molecular weight excluding hydrogens is 406 g/mol. The minimum atomic E-state index is -0.554. The average molecular weight is 434 g/mol. The van der Waals surface area contributed by atoms with Crippen LogP contribution in [-0.4, -0.2) is 46.1 Å². The highest BCUT2D eigenvalue weighted by Gasteiger charge is 2.34. The van der Waals surface area contributed by atoms with Gasteiger partial charge in [-0.25, -0.2) is 4.79 Å². The summed E-state index contributed by atoms with van der Waals surface area (Å²) in [6.07, 6.45) is 0.0635. The van der Waals surface area contributed by atoms with Crippen LogP contribution in [-0.2, 0) is 17.7 Å². The van der Waals surface area contributed by atoms with Gasteiger partial charge in [-0.05, 0) is 50.4 Å². The predicted molar refractivity (Wildman–Crippen MR) is 122 cm³/mol. The number of ether oxygens (including phenoxy) is 1. The Labute approximate surface area is 187 Å². The fraction of sp³-hybridized carbons (Fsp3) is 0.320. The summed E-state index contributed by atoms with van der Waals surface area (Å²) in [5, 5.41) is 3.86. The Kier molecular flexibility index (Phi) is 5.74. The Morgan fingerprint density at radius 2 is 1.56 bits per heavy atom. The van der Waals surface area contributed by atoms with Crippen molar-refractivity contribution in [2.24, 2.45) is 0 Å².